The molecule has 0 spiro atoms. The summed E-state index contributed by atoms with van der Waals surface area (Å²) < 4.78 is 5.22. The maximum atomic E-state index is 12.0. The highest BCUT2D eigenvalue weighted by molar-refractivity contribution is 5.74. The molecule has 2 aromatic rings. The second kappa shape index (κ2) is 8.89. The number of rotatable bonds is 8. The maximum absolute atomic E-state index is 12.0. The number of carbonyl (C=O) groups excluding carboxylic acids is 1. The molecule has 0 saturated heterocycles. The van der Waals surface area contributed by atoms with E-state index in [1.807, 2.05) is 37.3 Å². The Morgan fingerprint density at radius 2 is 2.13 bits per heavy atom. The van der Waals surface area contributed by atoms with Gasteiger partial charge in [-0.25, -0.2) is 4.79 Å². The van der Waals surface area contributed by atoms with E-state index in [2.05, 4.69) is 20.8 Å². The molecule has 2 rings (SSSR count). The molecule has 0 aliphatic rings. The summed E-state index contributed by atoms with van der Waals surface area (Å²) in [5.74, 6) is 0.989. The van der Waals surface area contributed by atoms with Crippen molar-refractivity contribution in [3.05, 3.63) is 47.6 Å². The van der Waals surface area contributed by atoms with Crippen molar-refractivity contribution in [3.8, 4) is 0 Å². The van der Waals surface area contributed by atoms with Crippen molar-refractivity contribution >= 4 is 6.03 Å². The molecular formula is C16H22N4O3. The van der Waals surface area contributed by atoms with Crippen LogP contribution in [-0.2, 0) is 6.42 Å². The minimum Gasteiger partial charge on any atom is -0.396 e. The van der Waals surface area contributed by atoms with E-state index in [0.29, 0.717) is 31.1 Å². The molecule has 1 aromatic heterocycles. The lowest BCUT2D eigenvalue weighted by molar-refractivity contribution is 0.235. The molecule has 0 bridgehead atoms. The number of aliphatic hydroxyl groups is 1. The monoisotopic (exact) mass is 318 g/mol. The second-order valence-corrected chi connectivity index (χ2v) is 5.12. The quantitative estimate of drug-likeness (QED) is 0.644. The van der Waals surface area contributed by atoms with E-state index in [1.54, 1.807) is 0 Å². The van der Waals surface area contributed by atoms with E-state index in [-0.39, 0.29) is 12.6 Å². The Labute approximate surface area is 135 Å². The summed E-state index contributed by atoms with van der Waals surface area (Å²) in [6.45, 7) is 2.47. The van der Waals surface area contributed by atoms with Crippen LogP contribution in [0.5, 0.6) is 0 Å². The van der Waals surface area contributed by atoms with Gasteiger partial charge in [-0.1, -0.05) is 42.4 Å². The summed E-state index contributed by atoms with van der Waals surface area (Å²) >= 11 is 0. The van der Waals surface area contributed by atoms with E-state index in [0.717, 1.165) is 12.0 Å². The van der Waals surface area contributed by atoms with Crippen LogP contribution < -0.4 is 10.6 Å². The van der Waals surface area contributed by atoms with Gasteiger partial charge in [-0.05, 0) is 18.4 Å². The highest BCUT2D eigenvalue weighted by Gasteiger charge is 2.22. The Kier molecular flexibility index (Phi) is 6.56. The van der Waals surface area contributed by atoms with Crippen molar-refractivity contribution in [2.75, 3.05) is 13.2 Å². The number of hydrogen-bond acceptors (Lipinski definition) is 5. The Bertz CT molecular complexity index is 600. The summed E-state index contributed by atoms with van der Waals surface area (Å²) in [6, 6.07) is 8.65. The van der Waals surface area contributed by atoms with Crippen LogP contribution in [0.2, 0.25) is 0 Å². The van der Waals surface area contributed by atoms with Crippen LogP contribution in [0.25, 0.3) is 0 Å². The molecule has 1 heterocycles. The lowest BCUT2D eigenvalue weighted by Crippen LogP contribution is -2.39. The molecule has 0 fully saturated rings. The number of carbonyl (C=O) groups is 1. The van der Waals surface area contributed by atoms with E-state index in [9.17, 15) is 4.79 Å². The van der Waals surface area contributed by atoms with Gasteiger partial charge in [0.05, 0.1) is 0 Å². The van der Waals surface area contributed by atoms with E-state index in [4.69, 9.17) is 9.63 Å². The third-order valence-corrected chi connectivity index (χ3v) is 3.23. The molecule has 3 N–H and O–H groups in total. The summed E-state index contributed by atoms with van der Waals surface area (Å²) in [5, 5.41) is 18.3. The zero-order valence-corrected chi connectivity index (χ0v) is 13.2. The van der Waals surface area contributed by atoms with Crippen LogP contribution >= 0.6 is 0 Å². The largest absolute Gasteiger partial charge is 0.396 e. The lowest BCUT2D eigenvalue weighted by atomic mass is 10.1. The van der Waals surface area contributed by atoms with Crippen molar-refractivity contribution in [1.29, 1.82) is 0 Å². The maximum Gasteiger partial charge on any atom is 0.315 e. The number of benzene rings is 1. The van der Waals surface area contributed by atoms with Crippen LogP contribution in [0.15, 0.2) is 34.9 Å². The fourth-order valence-electron chi connectivity index (χ4n) is 2.11. The van der Waals surface area contributed by atoms with Gasteiger partial charge in [-0.3, -0.25) is 0 Å². The topological polar surface area (TPSA) is 100 Å². The summed E-state index contributed by atoms with van der Waals surface area (Å²) in [5.41, 5.74) is 0.869. The molecule has 23 heavy (non-hydrogen) atoms. The molecule has 0 aliphatic carbocycles. The molecule has 1 aromatic carbocycles. The van der Waals surface area contributed by atoms with Crippen LogP contribution in [0.4, 0.5) is 4.79 Å². The number of nitrogens with zero attached hydrogens (tertiary/aromatic N) is 2. The first-order valence-electron chi connectivity index (χ1n) is 7.77. The van der Waals surface area contributed by atoms with E-state index >= 15 is 0 Å². The van der Waals surface area contributed by atoms with Gasteiger partial charge in [0, 0.05) is 19.6 Å². The highest BCUT2D eigenvalue weighted by atomic mass is 16.5. The van der Waals surface area contributed by atoms with Crippen molar-refractivity contribution in [3.63, 3.8) is 0 Å². The third kappa shape index (κ3) is 5.07. The standard InChI is InChI=1S/C16H22N4O3/c1-2-7-13-18-15(20-23-13)14(12-8-4-3-5-9-12)19-16(22)17-10-6-11-21/h3-5,8-9,14,21H,2,6-7,10-11H2,1H3,(H2,17,19,22). The average molecular weight is 318 g/mol. The first kappa shape index (κ1) is 17.0. The second-order valence-electron chi connectivity index (χ2n) is 5.12. The molecule has 7 heteroatoms. The van der Waals surface area contributed by atoms with Gasteiger partial charge in [0.1, 0.15) is 6.04 Å². The number of aromatic nitrogens is 2. The van der Waals surface area contributed by atoms with Crippen molar-refractivity contribution in [1.82, 2.24) is 20.8 Å². The smallest absolute Gasteiger partial charge is 0.315 e. The highest BCUT2D eigenvalue weighted by Crippen LogP contribution is 2.19. The minimum atomic E-state index is -0.486. The molecule has 1 unspecified atom stereocenters. The lowest BCUT2D eigenvalue weighted by Gasteiger charge is -2.16. The molecule has 1 atom stereocenters. The Hall–Kier alpha value is -2.41. The SMILES string of the molecule is CCCc1nc(C(NC(=O)NCCCO)c2ccccc2)no1. The Morgan fingerprint density at radius 1 is 1.35 bits per heavy atom. The number of nitrogens with one attached hydrogen (secondary N) is 2. The van der Waals surface area contributed by atoms with Gasteiger partial charge in [0.15, 0.2) is 5.82 Å². The fraction of sp³-hybridized carbons (Fsp3) is 0.438. The Morgan fingerprint density at radius 3 is 2.83 bits per heavy atom. The van der Waals surface area contributed by atoms with Gasteiger partial charge in [-0.15, -0.1) is 0 Å². The molecule has 124 valence electrons. The number of aryl methyl sites for hydroxylation is 1. The summed E-state index contributed by atoms with van der Waals surface area (Å²) in [6.07, 6.45) is 2.12. The van der Waals surface area contributed by atoms with Gasteiger partial charge in [-0.2, -0.15) is 4.98 Å². The molecule has 0 aliphatic heterocycles. The Balaban J connectivity index is 2.13. The minimum absolute atomic E-state index is 0.0353. The zero-order chi connectivity index (χ0) is 16.5. The molecule has 7 nitrogen and oxygen atoms in total. The van der Waals surface area contributed by atoms with Crippen molar-refractivity contribution < 1.29 is 14.4 Å². The predicted molar refractivity (Wildman–Crippen MR) is 84.8 cm³/mol. The first-order chi connectivity index (χ1) is 11.2. The third-order valence-electron chi connectivity index (χ3n) is 3.23. The summed E-state index contributed by atoms with van der Waals surface area (Å²) in [7, 11) is 0. The fourth-order valence-corrected chi connectivity index (χ4v) is 2.11. The molecular weight excluding hydrogens is 296 g/mol. The van der Waals surface area contributed by atoms with Crippen LogP contribution in [0, 0.1) is 0 Å². The number of aliphatic hydroxyl groups excluding tert-OH is 1. The number of urea groups is 1. The zero-order valence-electron chi connectivity index (χ0n) is 13.2. The van der Waals surface area contributed by atoms with Crippen molar-refractivity contribution in [2.45, 2.75) is 32.2 Å². The summed E-state index contributed by atoms with van der Waals surface area (Å²) in [4.78, 5) is 16.4. The van der Waals surface area contributed by atoms with Gasteiger partial charge < -0.3 is 20.3 Å². The van der Waals surface area contributed by atoms with E-state index in [1.165, 1.54) is 0 Å². The average Bonchev–Trinajstić information content (AvgIpc) is 3.02. The number of hydrogen-bond donors (Lipinski definition) is 3. The van der Waals surface area contributed by atoms with Crippen LogP contribution in [0.3, 0.4) is 0 Å². The van der Waals surface area contributed by atoms with Gasteiger partial charge in [0.2, 0.25) is 5.89 Å². The van der Waals surface area contributed by atoms with Crippen molar-refractivity contribution in [2.24, 2.45) is 0 Å². The first-order valence-corrected chi connectivity index (χ1v) is 7.77. The number of amides is 2. The normalized spacial score (nSPS) is 11.9. The van der Waals surface area contributed by atoms with E-state index < -0.39 is 6.04 Å². The molecule has 0 radical (unpaired) electrons. The van der Waals surface area contributed by atoms with Crippen LogP contribution in [0.1, 0.15) is 43.1 Å². The van der Waals surface area contributed by atoms with Crippen LogP contribution in [-0.4, -0.2) is 34.4 Å². The predicted octanol–water partition coefficient (Wildman–Crippen LogP) is 1.79. The van der Waals surface area contributed by atoms with Gasteiger partial charge in [0.25, 0.3) is 0 Å². The molecule has 0 saturated carbocycles. The molecule has 2 amide bonds. The van der Waals surface area contributed by atoms with Gasteiger partial charge >= 0.3 is 6.03 Å².